The Hall–Kier alpha value is -1.81. The molecule has 2 aromatic carbocycles. The van der Waals surface area contributed by atoms with E-state index in [0.717, 1.165) is 25.1 Å². The quantitative estimate of drug-likeness (QED) is 0.475. The molecule has 3 nitrogen and oxygen atoms in total. The van der Waals surface area contributed by atoms with Crippen LogP contribution >= 0.6 is 15.9 Å². The van der Waals surface area contributed by atoms with Gasteiger partial charge in [0.2, 0.25) is 5.91 Å². The Morgan fingerprint density at radius 2 is 1.82 bits per heavy atom. The van der Waals surface area contributed by atoms with Crippen LogP contribution in [-0.2, 0) is 11.3 Å². The van der Waals surface area contributed by atoms with Crippen molar-refractivity contribution in [2.24, 2.45) is 16.2 Å². The molecule has 0 saturated heterocycles. The molecule has 0 spiro atoms. The second-order valence-corrected chi connectivity index (χ2v) is 10.2. The number of carbonyl (C=O) groups is 1. The van der Waals surface area contributed by atoms with Gasteiger partial charge in [0.05, 0.1) is 5.41 Å². The molecule has 28 heavy (non-hydrogen) atoms. The van der Waals surface area contributed by atoms with E-state index in [4.69, 9.17) is 0 Å². The lowest BCUT2D eigenvalue weighted by Gasteiger charge is -2.64. The van der Waals surface area contributed by atoms with Gasteiger partial charge in [-0.05, 0) is 54.9 Å². The fourth-order valence-corrected chi connectivity index (χ4v) is 7.98. The number of fused-ring (bicyclic) bond motifs is 4. The first-order valence-corrected chi connectivity index (χ1v) is 11.2. The zero-order chi connectivity index (χ0) is 19.9. The lowest BCUT2D eigenvalue weighted by Crippen LogP contribution is -2.68. The number of anilines is 1. The molecule has 4 heteroatoms. The number of alkyl halides is 1. The van der Waals surface area contributed by atoms with Gasteiger partial charge in [-0.2, -0.15) is 0 Å². The van der Waals surface area contributed by atoms with Crippen molar-refractivity contribution in [1.29, 1.82) is 0 Å². The molecule has 1 aromatic heterocycles. The van der Waals surface area contributed by atoms with E-state index in [-0.39, 0.29) is 27.0 Å². The standard InChI is InChI=1S/C24H27BrN2O/c1-5-27-18-9-7-6-8-16(18)17-14-15(10-11-19(17)27)26-21(28)24-13-12-23(4,20(24)25)22(24,2)3/h6-11,14,20H,5,12-13H2,1-4H3,(H,26,28). The van der Waals surface area contributed by atoms with Crippen molar-refractivity contribution in [3.63, 3.8) is 0 Å². The second-order valence-electron chi connectivity index (χ2n) is 9.32. The van der Waals surface area contributed by atoms with Crippen LogP contribution in [-0.4, -0.2) is 15.3 Å². The maximum Gasteiger partial charge on any atom is 0.232 e. The fraction of sp³-hybridized carbons (Fsp3) is 0.458. The average molecular weight is 439 g/mol. The number of halogens is 1. The minimum absolute atomic E-state index is 0.000583. The Morgan fingerprint density at radius 3 is 2.46 bits per heavy atom. The van der Waals surface area contributed by atoms with Gasteiger partial charge in [0.15, 0.2) is 0 Å². The molecule has 3 aromatic rings. The monoisotopic (exact) mass is 438 g/mol. The molecular weight excluding hydrogens is 412 g/mol. The van der Waals surface area contributed by atoms with Crippen LogP contribution in [0.4, 0.5) is 5.69 Å². The first-order chi connectivity index (χ1) is 13.3. The summed E-state index contributed by atoms with van der Waals surface area (Å²) in [5, 5.41) is 5.71. The minimum Gasteiger partial charge on any atom is -0.341 e. The predicted molar refractivity (Wildman–Crippen MR) is 120 cm³/mol. The van der Waals surface area contributed by atoms with Crippen LogP contribution in [0.5, 0.6) is 0 Å². The molecule has 3 unspecified atom stereocenters. The largest absolute Gasteiger partial charge is 0.341 e. The number of para-hydroxylation sites is 1. The maximum absolute atomic E-state index is 13.5. The van der Waals surface area contributed by atoms with E-state index in [1.165, 1.54) is 21.8 Å². The SMILES string of the molecule is CCn1c2ccccc2c2cc(NC(=O)C34CCC(C)(C3Br)C4(C)C)ccc21. The fourth-order valence-electron chi connectivity index (χ4n) is 6.17. The molecule has 3 atom stereocenters. The molecule has 3 fully saturated rings. The van der Waals surface area contributed by atoms with Gasteiger partial charge < -0.3 is 9.88 Å². The number of aryl methyl sites for hydroxylation is 1. The summed E-state index contributed by atoms with van der Waals surface area (Å²) >= 11 is 3.88. The van der Waals surface area contributed by atoms with Crippen molar-refractivity contribution >= 4 is 49.3 Å². The Labute approximate surface area is 174 Å². The smallest absolute Gasteiger partial charge is 0.232 e. The Bertz CT molecular complexity index is 1130. The van der Waals surface area contributed by atoms with Gasteiger partial charge in [-0.25, -0.2) is 0 Å². The van der Waals surface area contributed by atoms with Gasteiger partial charge >= 0.3 is 0 Å². The number of benzene rings is 2. The van der Waals surface area contributed by atoms with Crippen LogP contribution in [0, 0.1) is 16.2 Å². The Kier molecular flexibility index (Phi) is 3.66. The van der Waals surface area contributed by atoms with E-state index >= 15 is 0 Å². The Balaban J connectivity index is 1.55. The molecule has 1 heterocycles. The van der Waals surface area contributed by atoms with E-state index in [1.807, 2.05) is 6.07 Å². The van der Waals surface area contributed by atoms with Gasteiger partial charge in [-0.15, -0.1) is 0 Å². The number of amides is 1. The highest BCUT2D eigenvalue weighted by Crippen LogP contribution is 2.79. The number of hydrogen-bond donors (Lipinski definition) is 1. The molecule has 0 aliphatic heterocycles. The topological polar surface area (TPSA) is 34.0 Å². The average Bonchev–Trinajstić information content (AvgIpc) is 3.24. The lowest BCUT2D eigenvalue weighted by atomic mass is 9.43. The summed E-state index contributed by atoms with van der Waals surface area (Å²) in [5.74, 6) is 0.160. The summed E-state index contributed by atoms with van der Waals surface area (Å²) < 4.78 is 2.33. The summed E-state index contributed by atoms with van der Waals surface area (Å²) in [6.45, 7) is 9.94. The highest BCUT2D eigenvalue weighted by Gasteiger charge is 2.80. The first-order valence-electron chi connectivity index (χ1n) is 10.2. The predicted octanol–water partition coefficient (Wildman–Crippen LogP) is 6.34. The van der Waals surface area contributed by atoms with E-state index < -0.39 is 0 Å². The molecule has 146 valence electrons. The third-order valence-electron chi connectivity index (χ3n) is 8.33. The van der Waals surface area contributed by atoms with Gasteiger partial charge in [0.1, 0.15) is 0 Å². The van der Waals surface area contributed by atoms with Crippen LogP contribution in [0.3, 0.4) is 0 Å². The van der Waals surface area contributed by atoms with E-state index in [9.17, 15) is 4.79 Å². The molecule has 3 aliphatic carbocycles. The number of carbonyl (C=O) groups excluding carboxylic acids is 1. The summed E-state index contributed by atoms with van der Waals surface area (Å²) in [7, 11) is 0. The molecule has 0 radical (unpaired) electrons. The molecule has 2 bridgehead atoms. The van der Waals surface area contributed by atoms with Crippen molar-refractivity contribution < 1.29 is 4.79 Å². The second kappa shape index (κ2) is 5.63. The van der Waals surface area contributed by atoms with Crippen LogP contribution in [0.2, 0.25) is 0 Å². The van der Waals surface area contributed by atoms with Gasteiger partial charge in [0, 0.05) is 38.9 Å². The maximum atomic E-state index is 13.5. The van der Waals surface area contributed by atoms with Gasteiger partial charge in [-0.1, -0.05) is 54.9 Å². The third-order valence-corrected chi connectivity index (χ3v) is 10.1. The summed E-state index contributed by atoms with van der Waals surface area (Å²) in [6, 6.07) is 14.8. The first kappa shape index (κ1) is 18.2. The number of rotatable bonds is 3. The third kappa shape index (κ3) is 1.88. The lowest BCUT2D eigenvalue weighted by molar-refractivity contribution is -0.155. The number of nitrogens with zero attached hydrogens (tertiary/aromatic N) is 1. The van der Waals surface area contributed by atoms with Crippen LogP contribution in [0.1, 0.15) is 40.5 Å². The zero-order valence-electron chi connectivity index (χ0n) is 17.0. The van der Waals surface area contributed by atoms with E-state index in [0.29, 0.717) is 0 Å². The minimum atomic E-state index is -0.325. The number of aromatic nitrogens is 1. The molecular formula is C24H27BrN2O. The van der Waals surface area contributed by atoms with Crippen molar-refractivity contribution in [2.75, 3.05) is 5.32 Å². The summed E-state index contributed by atoms with van der Waals surface area (Å²) in [5.41, 5.74) is 3.23. The van der Waals surface area contributed by atoms with Crippen molar-refractivity contribution in [3.05, 3.63) is 42.5 Å². The van der Waals surface area contributed by atoms with Crippen molar-refractivity contribution in [1.82, 2.24) is 4.57 Å². The van der Waals surface area contributed by atoms with E-state index in [2.05, 4.69) is 89.9 Å². The van der Waals surface area contributed by atoms with Crippen molar-refractivity contribution in [3.8, 4) is 0 Å². The Morgan fingerprint density at radius 1 is 1.11 bits per heavy atom. The highest BCUT2D eigenvalue weighted by atomic mass is 79.9. The van der Waals surface area contributed by atoms with Gasteiger partial charge in [-0.3, -0.25) is 4.79 Å². The van der Waals surface area contributed by atoms with Crippen molar-refractivity contribution in [2.45, 2.75) is 51.9 Å². The van der Waals surface area contributed by atoms with Crippen LogP contribution in [0.15, 0.2) is 42.5 Å². The normalized spacial score (nSPS) is 30.5. The summed E-state index contributed by atoms with van der Waals surface area (Å²) in [6.07, 6.45) is 2.06. The molecule has 1 amide bonds. The molecule has 3 aliphatic rings. The number of hydrogen-bond acceptors (Lipinski definition) is 1. The summed E-state index contributed by atoms with van der Waals surface area (Å²) in [4.78, 5) is 13.7. The highest BCUT2D eigenvalue weighted by molar-refractivity contribution is 9.09. The van der Waals surface area contributed by atoms with E-state index in [1.54, 1.807) is 0 Å². The van der Waals surface area contributed by atoms with Gasteiger partial charge in [0.25, 0.3) is 0 Å². The molecule has 6 rings (SSSR count). The van der Waals surface area contributed by atoms with Crippen LogP contribution in [0.25, 0.3) is 21.8 Å². The molecule has 3 saturated carbocycles. The zero-order valence-corrected chi connectivity index (χ0v) is 18.6. The number of nitrogens with one attached hydrogen (secondary N) is 1. The van der Waals surface area contributed by atoms with Crippen LogP contribution < -0.4 is 5.32 Å². The molecule has 1 N–H and O–H groups in total.